The van der Waals surface area contributed by atoms with E-state index >= 15 is 0 Å². The molecule has 2 N–H and O–H groups in total. The number of thiophene rings is 1. The number of aromatic amines is 1. The maximum Gasteiger partial charge on any atom is 0.230 e. The molecule has 0 atom stereocenters. The van der Waals surface area contributed by atoms with Crippen LogP contribution in [-0.2, 0) is 17.6 Å². The summed E-state index contributed by atoms with van der Waals surface area (Å²) in [5, 5.41) is 12.9. The molecule has 1 aliphatic rings. The average molecular weight is 351 g/mol. The zero-order chi connectivity index (χ0) is 15.9. The first-order valence-electron chi connectivity index (χ1n) is 8.13. The zero-order valence-electron chi connectivity index (χ0n) is 13.1. The molecule has 0 spiro atoms. The number of thioether (sulfide) groups is 1. The van der Waals surface area contributed by atoms with Crippen molar-refractivity contribution in [2.75, 3.05) is 12.3 Å². The Morgan fingerprint density at radius 2 is 2.30 bits per heavy atom. The minimum Gasteiger partial charge on any atom is -0.355 e. The average Bonchev–Trinajstić information content (AvgIpc) is 3.28. The van der Waals surface area contributed by atoms with Crippen LogP contribution in [0.5, 0.6) is 0 Å². The zero-order valence-corrected chi connectivity index (χ0v) is 14.7. The molecule has 1 saturated carbocycles. The van der Waals surface area contributed by atoms with E-state index in [0.717, 1.165) is 24.6 Å². The van der Waals surface area contributed by atoms with Crippen LogP contribution in [0.4, 0.5) is 0 Å². The van der Waals surface area contributed by atoms with Crippen molar-refractivity contribution in [2.24, 2.45) is 5.92 Å². The highest BCUT2D eigenvalue weighted by molar-refractivity contribution is 7.99. The van der Waals surface area contributed by atoms with Gasteiger partial charge in [0.1, 0.15) is 5.82 Å². The van der Waals surface area contributed by atoms with Gasteiger partial charge >= 0.3 is 0 Å². The quantitative estimate of drug-likeness (QED) is 0.718. The van der Waals surface area contributed by atoms with Gasteiger partial charge in [-0.1, -0.05) is 43.5 Å². The fourth-order valence-corrected chi connectivity index (χ4v) is 4.24. The van der Waals surface area contributed by atoms with Gasteiger partial charge in [0.2, 0.25) is 11.1 Å². The molecule has 124 valence electrons. The van der Waals surface area contributed by atoms with Gasteiger partial charge in [-0.2, -0.15) is 0 Å². The molecule has 0 bridgehead atoms. The molecule has 23 heavy (non-hydrogen) atoms. The third-order valence-electron chi connectivity index (χ3n) is 4.07. The second-order valence-electron chi connectivity index (χ2n) is 5.89. The molecular weight excluding hydrogens is 328 g/mol. The molecule has 0 unspecified atom stereocenters. The number of hydrogen-bond acceptors (Lipinski definition) is 5. The number of hydrogen-bond donors (Lipinski definition) is 2. The number of amides is 1. The highest BCUT2D eigenvalue weighted by Crippen LogP contribution is 2.27. The van der Waals surface area contributed by atoms with Gasteiger partial charge in [-0.3, -0.25) is 9.89 Å². The molecule has 0 aromatic carbocycles. The van der Waals surface area contributed by atoms with Crippen molar-refractivity contribution >= 4 is 29.0 Å². The summed E-state index contributed by atoms with van der Waals surface area (Å²) in [6.45, 7) is 0.681. The number of nitrogens with one attached hydrogen (secondary N) is 2. The smallest absolute Gasteiger partial charge is 0.230 e. The summed E-state index contributed by atoms with van der Waals surface area (Å²) >= 11 is 3.11. The molecule has 2 aromatic rings. The van der Waals surface area contributed by atoms with Crippen LogP contribution in [0.2, 0.25) is 0 Å². The van der Waals surface area contributed by atoms with E-state index in [1.807, 2.05) is 6.07 Å². The second-order valence-corrected chi connectivity index (χ2v) is 7.86. The number of nitrogens with zero attached hydrogens (tertiary/aromatic N) is 2. The molecule has 1 fully saturated rings. The monoisotopic (exact) mass is 350 g/mol. The van der Waals surface area contributed by atoms with E-state index in [4.69, 9.17) is 0 Å². The Kier molecular flexibility index (Phi) is 6.10. The second kappa shape index (κ2) is 8.49. The molecule has 0 aliphatic heterocycles. The fourth-order valence-electron chi connectivity index (χ4n) is 2.88. The van der Waals surface area contributed by atoms with Crippen molar-refractivity contribution in [3.63, 3.8) is 0 Å². The third-order valence-corrected chi connectivity index (χ3v) is 5.86. The Bertz CT molecular complexity index is 605. The third kappa shape index (κ3) is 5.35. The summed E-state index contributed by atoms with van der Waals surface area (Å²) < 4.78 is 0. The van der Waals surface area contributed by atoms with Gasteiger partial charge in [-0.05, 0) is 23.8 Å². The number of aromatic nitrogens is 3. The van der Waals surface area contributed by atoms with Gasteiger partial charge in [0, 0.05) is 17.8 Å². The molecule has 0 saturated heterocycles. The predicted molar refractivity (Wildman–Crippen MR) is 93.8 cm³/mol. The van der Waals surface area contributed by atoms with E-state index in [-0.39, 0.29) is 5.91 Å². The molecule has 1 aliphatic carbocycles. The first-order valence-corrected chi connectivity index (χ1v) is 9.99. The Morgan fingerprint density at radius 3 is 3.09 bits per heavy atom. The summed E-state index contributed by atoms with van der Waals surface area (Å²) in [5.41, 5.74) is 0. The Morgan fingerprint density at radius 1 is 1.43 bits per heavy atom. The minimum atomic E-state index is 0.0358. The molecule has 2 heterocycles. The van der Waals surface area contributed by atoms with Crippen LogP contribution in [0.1, 0.15) is 36.4 Å². The lowest BCUT2D eigenvalue weighted by atomic mass is 10.0. The molecule has 2 aromatic heterocycles. The lowest BCUT2D eigenvalue weighted by Gasteiger charge is -2.04. The van der Waals surface area contributed by atoms with E-state index in [1.165, 1.54) is 42.3 Å². The molecule has 5 nitrogen and oxygen atoms in total. The van der Waals surface area contributed by atoms with Crippen LogP contribution in [0.3, 0.4) is 0 Å². The number of carbonyl (C=O) groups is 1. The van der Waals surface area contributed by atoms with Gasteiger partial charge < -0.3 is 5.32 Å². The van der Waals surface area contributed by atoms with Crippen LogP contribution in [0.15, 0.2) is 22.7 Å². The highest BCUT2D eigenvalue weighted by Gasteiger charge is 2.17. The topological polar surface area (TPSA) is 70.7 Å². The van der Waals surface area contributed by atoms with Crippen LogP contribution >= 0.6 is 23.1 Å². The number of carbonyl (C=O) groups excluding carboxylic acids is 1. The largest absolute Gasteiger partial charge is 0.355 e. The molecule has 3 rings (SSSR count). The minimum absolute atomic E-state index is 0.0358. The van der Waals surface area contributed by atoms with Crippen molar-refractivity contribution in [3.8, 4) is 0 Å². The SMILES string of the molecule is O=C(CSc1n[nH]c(CC2CCCC2)n1)NCCc1cccs1. The van der Waals surface area contributed by atoms with Crippen LogP contribution in [0, 0.1) is 5.92 Å². The van der Waals surface area contributed by atoms with Crippen molar-refractivity contribution in [2.45, 2.75) is 43.7 Å². The van der Waals surface area contributed by atoms with E-state index < -0.39 is 0 Å². The lowest BCUT2D eigenvalue weighted by molar-refractivity contribution is -0.118. The van der Waals surface area contributed by atoms with Crippen LogP contribution in [-0.4, -0.2) is 33.4 Å². The molecular formula is C16H22N4OS2. The maximum absolute atomic E-state index is 11.8. The van der Waals surface area contributed by atoms with E-state index in [9.17, 15) is 4.79 Å². The van der Waals surface area contributed by atoms with Crippen molar-refractivity contribution < 1.29 is 4.79 Å². The molecule has 1 amide bonds. The van der Waals surface area contributed by atoms with E-state index in [0.29, 0.717) is 17.5 Å². The number of H-pyrrole nitrogens is 1. The van der Waals surface area contributed by atoms with Gasteiger partial charge in [0.25, 0.3) is 0 Å². The first kappa shape index (κ1) is 16.5. The van der Waals surface area contributed by atoms with Gasteiger partial charge in [-0.15, -0.1) is 16.4 Å². The fraction of sp³-hybridized carbons (Fsp3) is 0.562. The first-order chi connectivity index (χ1) is 11.3. The standard InChI is InChI=1S/C16H22N4OS2/c21-15(17-8-7-13-6-3-9-22-13)11-23-16-18-14(19-20-16)10-12-4-1-2-5-12/h3,6,9,12H,1-2,4-5,7-8,10-11H2,(H,17,21)(H,18,19,20). The van der Waals surface area contributed by atoms with Gasteiger partial charge in [0.05, 0.1) is 5.75 Å². The Balaban J connectivity index is 1.34. The van der Waals surface area contributed by atoms with Crippen molar-refractivity contribution in [1.29, 1.82) is 0 Å². The predicted octanol–water partition coefficient (Wildman–Crippen LogP) is 3.05. The van der Waals surface area contributed by atoms with Crippen LogP contribution in [0.25, 0.3) is 0 Å². The summed E-state index contributed by atoms with van der Waals surface area (Å²) in [4.78, 5) is 17.6. The summed E-state index contributed by atoms with van der Waals surface area (Å²) in [6.07, 6.45) is 7.16. The summed E-state index contributed by atoms with van der Waals surface area (Å²) in [7, 11) is 0. The van der Waals surface area contributed by atoms with Crippen molar-refractivity contribution in [3.05, 3.63) is 28.2 Å². The molecule has 0 radical (unpaired) electrons. The normalized spacial score (nSPS) is 15.1. The van der Waals surface area contributed by atoms with Gasteiger partial charge in [-0.25, -0.2) is 4.98 Å². The lowest BCUT2D eigenvalue weighted by Crippen LogP contribution is -2.27. The Hall–Kier alpha value is -1.34. The molecule has 7 heteroatoms. The summed E-state index contributed by atoms with van der Waals surface area (Å²) in [5.74, 6) is 2.11. The van der Waals surface area contributed by atoms with E-state index in [1.54, 1.807) is 11.3 Å². The summed E-state index contributed by atoms with van der Waals surface area (Å²) in [6, 6.07) is 4.12. The number of rotatable bonds is 8. The van der Waals surface area contributed by atoms with Crippen molar-refractivity contribution in [1.82, 2.24) is 20.5 Å². The van der Waals surface area contributed by atoms with Crippen LogP contribution < -0.4 is 5.32 Å². The van der Waals surface area contributed by atoms with E-state index in [2.05, 4.69) is 31.9 Å². The highest BCUT2D eigenvalue weighted by atomic mass is 32.2. The van der Waals surface area contributed by atoms with Gasteiger partial charge in [0.15, 0.2) is 0 Å². The maximum atomic E-state index is 11.8. The Labute approximate surface area is 144 Å².